The van der Waals surface area contributed by atoms with E-state index in [1.54, 1.807) is 13.0 Å². The fraction of sp³-hybridized carbons (Fsp3) is 0.500. The van der Waals surface area contributed by atoms with E-state index in [0.717, 1.165) is 30.6 Å². The Bertz CT molecular complexity index is 1170. The van der Waals surface area contributed by atoms with Crippen LogP contribution in [0.5, 0.6) is 0 Å². The summed E-state index contributed by atoms with van der Waals surface area (Å²) in [7, 11) is 0. The van der Waals surface area contributed by atoms with Crippen LogP contribution in [0.25, 0.3) is 16.7 Å². The molecule has 188 valence electrons. The normalized spacial score (nSPS) is 20.9. The molecule has 1 aromatic heterocycles. The molecule has 1 aliphatic carbocycles. The van der Waals surface area contributed by atoms with E-state index < -0.39 is 12.0 Å². The Morgan fingerprint density at radius 1 is 1.26 bits per heavy atom. The number of aliphatic hydroxyl groups excluding tert-OH is 2. The van der Waals surface area contributed by atoms with Crippen molar-refractivity contribution in [2.45, 2.75) is 66.7 Å². The molecule has 2 unspecified atom stereocenters. The van der Waals surface area contributed by atoms with Gasteiger partial charge in [-0.3, -0.25) is 9.69 Å². The number of hydrogen-bond acceptors (Lipinski definition) is 6. The third-order valence-corrected chi connectivity index (χ3v) is 7.23. The summed E-state index contributed by atoms with van der Waals surface area (Å²) in [6.07, 6.45) is 1.73. The molecule has 0 bridgehead atoms. The maximum absolute atomic E-state index is 12.9. The summed E-state index contributed by atoms with van der Waals surface area (Å²) in [6, 6.07) is 6.74. The summed E-state index contributed by atoms with van der Waals surface area (Å²) in [4.78, 5) is 15.4. The highest BCUT2D eigenvalue weighted by Gasteiger charge is 2.36. The number of nitrogens with zero attached hydrogens (tertiary/aromatic N) is 2. The number of benzene rings is 1. The molecular weight excluding hydrogens is 442 g/mol. The van der Waals surface area contributed by atoms with E-state index in [2.05, 4.69) is 41.4 Å². The molecular formula is C28H37N3O4. The molecule has 2 aromatic rings. The number of carbonyl (C=O) groups excluding carboxylic acids is 1. The third-order valence-electron chi connectivity index (χ3n) is 7.23. The number of allylic oxidation sites excluding steroid dienone is 2. The second-order valence-electron chi connectivity index (χ2n) is 10.2. The maximum Gasteiger partial charge on any atom is 0.274 e. The van der Waals surface area contributed by atoms with Crippen molar-refractivity contribution >= 4 is 11.5 Å². The summed E-state index contributed by atoms with van der Waals surface area (Å²) in [5, 5.41) is 28.7. The highest BCUT2D eigenvalue weighted by molar-refractivity contribution is 6.01. The summed E-state index contributed by atoms with van der Waals surface area (Å²) < 4.78 is 5.78. The molecule has 4 rings (SSSR count). The van der Waals surface area contributed by atoms with Crippen molar-refractivity contribution < 1.29 is 19.5 Å². The van der Waals surface area contributed by atoms with Crippen LogP contribution in [0.15, 0.2) is 40.1 Å². The number of aliphatic hydroxyl groups is 2. The second kappa shape index (κ2) is 9.99. The van der Waals surface area contributed by atoms with Gasteiger partial charge >= 0.3 is 0 Å². The Balaban J connectivity index is 1.86. The van der Waals surface area contributed by atoms with Gasteiger partial charge in [-0.1, -0.05) is 44.1 Å². The molecule has 0 saturated carbocycles. The summed E-state index contributed by atoms with van der Waals surface area (Å²) >= 11 is 0. The van der Waals surface area contributed by atoms with E-state index >= 15 is 0 Å². The van der Waals surface area contributed by atoms with Gasteiger partial charge in [0.15, 0.2) is 11.5 Å². The number of carbonyl (C=O) groups is 1. The van der Waals surface area contributed by atoms with E-state index in [-0.39, 0.29) is 23.3 Å². The van der Waals surface area contributed by atoms with Crippen LogP contribution in [0, 0.1) is 11.8 Å². The Hall–Kier alpha value is -2.90. The smallest absolute Gasteiger partial charge is 0.274 e. The highest BCUT2D eigenvalue weighted by atomic mass is 16.5. The molecule has 0 fully saturated rings. The van der Waals surface area contributed by atoms with Crippen molar-refractivity contribution in [3.63, 3.8) is 0 Å². The van der Waals surface area contributed by atoms with Crippen LogP contribution in [0.4, 0.5) is 0 Å². The average Bonchev–Trinajstić information content (AvgIpc) is 3.27. The van der Waals surface area contributed by atoms with Gasteiger partial charge in [0.05, 0.1) is 11.7 Å². The van der Waals surface area contributed by atoms with Crippen LogP contribution in [0.1, 0.15) is 68.9 Å². The number of amides is 1. The molecule has 2 aliphatic rings. The lowest BCUT2D eigenvalue weighted by Crippen LogP contribution is -2.35. The number of hydrogen-bond donors (Lipinski definition) is 3. The van der Waals surface area contributed by atoms with Gasteiger partial charge in [0, 0.05) is 37.2 Å². The Labute approximate surface area is 207 Å². The zero-order chi connectivity index (χ0) is 25.4. The van der Waals surface area contributed by atoms with Crippen LogP contribution >= 0.6 is 0 Å². The third kappa shape index (κ3) is 4.67. The molecule has 0 spiro atoms. The number of nitrogens with one attached hydrogen (secondary N) is 1. The zero-order valence-electron chi connectivity index (χ0n) is 21.6. The summed E-state index contributed by atoms with van der Waals surface area (Å²) in [5.41, 5.74) is 5.43. The van der Waals surface area contributed by atoms with Gasteiger partial charge in [0.2, 0.25) is 0 Å². The van der Waals surface area contributed by atoms with Crippen LogP contribution in [0.2, 0.25) is 0 Å². The van der Waals surface area contributed by atoms with Gasteiger partial charge in [-0.15, -0.1) is 0 Å². The van der Waals surface area contributed by atoms with Gasteiger partial charge in [-0.2, -0.15) is 0 Å². The SMILES string of the molecule is CCNC(=O)c1noc(C2=CC(C(C)C)=C(O)C(C)C2O)c1-c1ccc2c(c1)CCN(C(C)C)C2. The molecule has 7 nitrogen and oxygen atoms in total. The van der Waals surface area contributed by atoms with Crippen molar-refractivity contribution in [3.05, 3.63) is 58.2 Å². The molecule has 1 aliphatic heterocycles. The molecule has 2 heterocycles. The van der Waals surface area contributed by atoms with Crippen molar-refractivity contribution in [2.24, 2.45) is 11.8 Å². The largest absolute Gasteiger partial charge is 0.512 e. The molecule has 1 amide bonds. The van der Waals surface area contributed by atoms with Gasteiger partial charge in [-0.05, 0) is 61.4 Å². The first-order chi connectivity index (χ1) is 16.6. The monoisotopic (exact) mass is 479 g/mol. The molecule has 2 atom stereocenters. The average molecular weight is 480 g/mol. The predicted molar refractivity (Wildman–Crippen MR) is 137 cm³/mol. The van der Waals surface area contributed by atoms with Crippen LogP contribution in [-0.4, -0.2) is 51.4 Å². The molecule has 7 heteroatoms. The minimum absolute atomic E-state index is 0.0572. The number of fused-ring (bicyclic) bond motifs is 1. The Morgan fingerprint density at radius 3 is 2.66 bits per heavy atom. The van der Waals surface area contributed by atoms with E-state index in [0.29, 0.717) is 29.5 Å². The van der Waals surface area contributed by atoms with Crippen LogP contribution in [0.3, 0.4) is 0 Å². The van der Waals surface area contributed by atoms with E-state index in [1.807, 2.05) is 26.8 Å². The van der Waals surface area contributed by atoms with E-state index in [1.165, 1.54) is 11.1 Å². The van der Waals surface area contributed by atoms with Gasteiger partial charge in [-0.25, -0.2) is 0 Å². The second-order valence-corrected chi connectivity index (χ2v) is 10.2. The lowest BCUT2D eigenvalue weighted by atomic mass is 9.81. The van der Waals surface area contributed by atoms with E-state index in [9.17, 15) is 15.0 Å². The zero-order valence-corrected chi connectivity index (χ0v) is 21.6. The van der Waals surface area contributed by atoms with Crippen LogP contribution < -0.4 is 5.32 Å². The fourth-order valence-corrected chi connectivity index (χ4v) is 5.00. The van der Waals surface area contributed by atoms with E-state index in [4.69, 9.17) is 4.52 Å². The van der Waals surface area contributed by atoms with Crippen molar-refractivity contribution in [3.8, 4) is 11.1 Å². The van der Waals surface area contributed by atoms with Gasteiger partial charge in [0.1, 0.15) is 5.76 Å². The minimum atomic E-state index is -0.983. The molecule has 35 heavy (non-hydrogen) atoms. The molecule has 3 N–H and O–H groups in total. The summed E-state index contributed by atoms with van der Waals surface area (Å²) in [6.45, 7) is 14.4. The minimum Gasteiger partial charge on any atom is -0.512 e. The Kier molecular flexibility index (Phi) is 7.20. The number of aromatic nitrogens is 1. The quantitative estimate of drug-likeness (QED) is 0.555. The first-order valence-electron chi connectivity index (χ1n) is 12.6. The standard InChI is InChI=1S/C28H37N3O4/c1-7-29-28(34)24-23(19-8-9-20-14-31(16(4)5)11-10-18(20)12-19)27(35-30-24)22-13-21(15(2)3)25(32)17(6)26(22)33/h8-9,12-13,15-17,26,32-33H,7,10-11,14H2,1-6H3,(H,29,34). The van der Waals surface area contributed by atoms with Gasteiger partial charge < -0.3 is 20.1 Å². The first kappa shape index (κ1) is 25.2. The highest BCUT2D eigenvalue weighted by Crippen LogP contribution is 2.41. The van der Waals surface area contributed by atoms with Gasteiger partial charge in [0.25, 0.3) is 5.91 Å². The van der Waals surface area contributed by atoms with Crippen molar-refractivity contribution in [1.29, 1.82) is 0 Å². The first-order valence-corrected chi connectivity index (χ1v) is 12.6. The lowest BCUT2D eigenvalue weighted by molar-refractivity contribution is 0.0947. The Morgan fingerprint density at radius 2 is 2.00 bits per heavy atom. The lowest BCUT2D eigenvalue weighted by Gasteiger charge is -2.32. The van der Waals surface area contributed by atoms with Crippen molar-refractivity contribution in [2.75, 3.05) is 13.1 Å². The molecule has 0 radical (unpaired) electrons. The molecule has 0 saturated heterocycles. The molecule has 1 aromatic carbocycles. The van der Waals surface area contributed by atoms with Crippen molar-refractivity contribution in [1.82, 2.24) is 15.4 Å². The maximum atomic E-state index is 12.9. The summed E-state index contributed by atoms with van der Waals surface area (Å²) in [5.74, 6) is -0.200. The predicted octanol–water partition coefficient (Wildman–Crippen LogP) is 4.72. The topological polar surface area (TPSA) is 98.8 Å². The number of rotatable bonds is 6. The fourth-order valence-electron chi connectivity index (χ4n) is 5.00. The van der Waals surface area contributed by atoms with Crippen LogP contribution in [-0.2, 0) is 13.0 Å².